The fraction of sp³-hybridized carbons (Fsp3) is 0.923. The number of hydrogen-bond donors (Lipinski definition) is 1. The molecule has 1 saturated heterocycles. The first-order chi connectivity index (χ1) is 9.72. The van der Waals surface area contributed by atoms with Gasteiger partial charge in [-0.3, -0.25) is 4.18 Å². The number of ether oxygens (including phenoxy) is 3. The minimum Gasteiger partial charge on any atom is -0.444 e. The van der Waals surface area contributed by atoms with E-state index in [2.05, 4.69) is 5.32 Å². The van der Waals surface area contributed by atoms with Crippen molar-refractivity contribution in [1.82, 2.24) is 5.32 Å². The van der Waals surface area contributed by atoms with Gasteiger partial charge >= 0.3 is 6.09 Å². The molecule has 8 nitrogen and oxygen atoms in total. The van der Waals surface area contributed by atoms with Crippen LogP contribution in [0.3, 0.4) is 0 Å². The van der Waals surface area contributed by atoms with Crippen molar-refractivity contribution in [2.24, 2.45) is 0 Å². The van der Waals surface area contributed by atoms with Crippen molar-refractivity contribution in [2.75, 3.05) is 26.1 Å². The quantitative estimate of drug-likeness (QED) is 0.763. The smallest absolute Gasteiger partial charge is 0.408 e. The lowest BCUT2D eigenvalue weighted by Gasteiger charge is -2.43. The van der Waals surface area contributed by atoms with Gasteiger partial charge in [0, 0.05) is 0 Å². The van der Waals surface area contributed by atoms with E-state index < -0.39 is 33.1 Å². The van der Waals surface area contributed by atoms with Gasteiger partial charge in [0.1, 0.15) is 11.1 Å². The van der Waals surface area contributed by atoms with Gasteiger partial charge in [0.05, 0.1) is 26.1 Å². The highest BCUT2D eigenvalue weighted by molar-refractivity contribution is 7.85. The second-order valence-electron chi connectivity index (χ2n) is 6.85. The number of alkyl carbamates (subject to hydrolysis) is 1. The zero-order valence-electron chi connectivity index (χ0n) is 13.9. The van der Waals surface area contributed by atoms with E-state index in [0.29, 0.717) is 0 Å². The van der Waals surface area contributed by atoms with Crippen molar-refractivity contribution in [2.45, 2.75) is 51.5 Å². The van der Waals surface area contributed by atoms with E-state index in [1.54, 1.807) is 34.6 Å². The molecule has 1 aliphatic heterocycles. The predicted molar refractivity (Wildman–Crippen MR) is 78.9 cm³/mol. The monoisotopic (exact) mass is 339 g/mol. The first kappa shape index (κ1) is 19.1. The Labute approximate surface area is 131 Å². The summed E-state index contributed by atoms with van der Waals surface area (Å²) in [6, 6.07) is 0. The molecular formula is C13H25NO7S. The molecule has 0 bridgehead atoms. The molecule has 130 valence electrons. The summed E-state index contributed by atoms with van der Waals surface area (Å²) in [6.45, 7) is 8.39. The van der Waals surface area contributed by atoms with Gasteiger partial charge in [-0.05, 0) is 34.6 Å². The molecule has 1 aliphatic rings. The highest BCUT2D eigenvalue weighted by Gasteiger charge is 2.43. The Kier molecular flexibility index (Phi) is 5.49. The normalized spacial score (nSPS) is 21.2. The molecule has 0 saturated carbocycles. The van der Waals surface area contributed by atoms with Crippen molar-refractivity contribution in [3.63, 3.8) is 0 Å². The van der Waals surface area contributed by atoms with Crippen LogP contribution in [0.4, 0.5) is 4.79 Å². The lowest BCUT2D eigenvalue weighted by molar-refractivity contribution is -0.273. The number of nitrogens with one attached hydrogen (secondary N) is 1. The molecule has 1 heterocycles. The van der Waals surface area contributed by atoms with Gasteiger partial charge in [0.2, 0.25) is 0 Å². The van der Waals surface area contributed by atoms with E-state index in [1.165, 1.54) is 0 Å². The number of hydrogen-bond acceptors (Lipinski definition) is 7. The first-order valence-electron chi connectivity index (χ1n) is 6.86. The van der Waals surface area contributed by atoms with Gasteiger partial charge < -0.3 is 19.5 Å². The van der Waals surface area contributed by atoms with Crippen LogP contribution in [-0.2, 0) is 28.5 Å². The SMILES string of the molecule is CC(C)(C)OC(=O)NC1(COS(C)(=O)=O)COC(C)(C)OC1. The Hall–Kier alpha value is -0.900. The van der Waals surface area contributed by atoms with Crippen LogP contribution in [0, 0.1) is 0 Å². The first-order valence-corrected chi connectivity index (χ1v) is 8.67. The van der Waals surface area contributed by atoms with Crippen molar-refractivity contribution in [3.8, 4) is 0 Å². The Morgan fingerprint density at radius 3 is 2.14 bits per heavy atom. The highest BCUT2D eigenvalue weighted by atomic mass is 32.2. The fourth-order valence-corrected chi connectivity index (χ4v) is 2.08. The zero-order chi connectivity index (χ0) is 17.2. The van der Waals surface area contributed by atoms with Crippen LogP contribution >= 0.6 is 0 Å². The minimum absolute atomic E-state index is 0.0365. The number of amides is 1. The summed E-state index contributed by atoms with van der Waals surface area (Å²) in [5.41, 5.74) is -1.82. The second-order valence-corrected chi connectivity index (χ2v) is 8.49. The summed E-state index contributed by atoms with van der Waals surface area (Å²) >= 11 is 0. The van der Waals surface area contributed by atoms with E-state index in [9.17, 15) is 13.2 Å². The van der Waals surface area contributed by atoms with Crippen molar-refractivity contribution in [1.29, 1.82) is 0 Å². The van der Waals surface area contributed by atoms with Gasteiger partial charge in [-0.2, -0.15) is 8.42 Å². The summed E-state index contributed by atoms with van der Waals surface area (Å²) in [5, 5.41) is 2.60. The Bertz CT molecular complexity index is 497. The molecule has 1 fully saturated rings. The van der Waals surface area contributed by atoms with Crippen LogP contribution < -0.4 is 5.32 Å². The minimum atomic E-state index is -3.66. The summed E-state index contributed by atoms with van der Waals surface area (Å²) in [6.07, 6.45) is 0.236. The Morgan fingerprint density at radius 1 is 1.23 bits per heavy atom. The molecule has 22 heavy (non-hydrogen) atoms. The third-order valence-corrected chi connectivity index (χ3v) is 3.25. The van der Waals surface area contributed by atoms with Gasteiger partial charge in [0.15, 0.2) is 5.79 Å². The Morgan fingerprint density at radius 2 is 1.73 bits per heavy atom. The number of carbonyl (C=O) groups excluding carboxylic acids is 1. The Balaban J connectivity index is 2.81. The molecule has 1 amide bonds. The maximum atomic E-state index is 12.0. The van der Waals surface area contributed by atoms with Gasteiger partial charge in [-0.1, -0.05) is 0 Å². The lowest BCUT2D eigenvalue weighted by atomic mass is 10.0. The van der Waals surface area contributed by atoms with Crippen molar-refractivity contribution < 1.29 is 31.6 Å². The van der Waals surface area contributed by atoms with Crippen LogP contribution in [0.5, 0.6) is 0 Å². The maximum absolute atomic E-state index is 12.0. The van der Waals surface area contributed by atoms with Crippen LogP contribution in [0.15, 0.2) is 0 Å². The third-order valence-electron chi connectivity index (χ3n) is 2.71. The standard InChI is InChI=1S/C13H25NO7S/c1-11(2,3)21-10(15)14-13(9-20-22(6,16)17)7-18-12(4,5)19-8-13/h7-9H2,1-6H3,(H,14,15). The van der Waals surface area contributed by atoms with Gasteiger partial charge in [-0.25, -0.2) is 4.79 Å². The number of carbonyl (C=O) groups is 1. The largest absolute Gasteiger partial charge is 0.444 e. The molecular weight excluding hydrogens is 314 g/mol. The molecule has 0 atom stereocenters. The molecule has 1 N–H and O–H groups in total. The van der Waals surface area contributed by atoms with E-state index in [0.717, 1.165) is 6.26 Å². The van der Waals surface area contributed by atoms with Crippen molar-refractivity contribution in [3.05, 3.63) is 0 Å². The molecule has 0 aromatic carbocycles. The van der Waals surface area contributed by atoms with E-state index in [-0.39, 0.29) is 19.8 Å². The molecule has 0 radical (unpaired) electrons. The lowest BCUT2D eigenvalue weighted by Crippen LogP contribution is -2.64. The summed E-state index contributed by atoms with van der Waals surface area (Å²) in [7, 11) is -3.66. The van der Waals surface area contributed by atoms with Crippen LogP contribution in [0.25, 0.3) is 0 Å². The van der Waals surface area contributed by atoms with Crippen LogP contribution in [0.2, 0.25) is 0 Å². The molecule has 0 aromatic rings. The van der Waals surface area contributed by atoms with Gasteiger partial charge in [0.25, 0.3) is 10.1 Å². The summed E-state index contributed by atoms with van der Waals surface area (Å²) in [5.74, 6) is -0.815. The van der Waals surface area contributed by atoms with E-state index >= 15 is 0 Å². The van der Waals surface area contributed by atoms with Gasteiger partial charge in [-0.15, -0.1) is 0 Å². The predicted octanol–water partition coefficient (Wildman–Crippen LogP) is 1.01. The molecule has 0 aromatic heterocycles. The third kappa shape index (κ3) is 6.91. The summed E-state index contributed by atoms with van der Waals surface area (Å²) < 4.78 is 43.4. The molecule has 0 spiro atoms. The topological polar surface area (TPSA) is 100 Å². The van der Waals surface area contributed by atoms with Crippen LogP contribution in [-0.4, -0.2) is 57.5 Å². The number of rotatable bonds is 4. The van der Waals surface area contributed by atoms with Crippen molar-refractivity contribution >= 4 is 16.2 Å². The summed E-state index contributed by atoms with van der Waals surface area (Å²) in [4.78, 5) is 12.0. The molecule has 0 aliphatic carbocycles. The molecule has 9 heteroatoms. The van der Waals surface area contributed by atoms with E-state index in [4.69, 9.17) is 18.4 Å². The second kappa shape index (κ2) is 6.31. The molecule has 1 rings (SSSR count). The average Bonchev–Trinajstić information content (AvgIpc) is 2.27. The average molecular weight is 339 g/mol. The fourth-order valence-electron chi connectivity index (χ4n) is 1.64. The maximum Gasteiger partial charge on any atom is 0.408 e. The highest BCUT2D eigenvalue weighted by Crippen LogP contribution is 2.24. The molecule has 0 unspecified atom stereocenters. The van der Waals surface area contributed by atoms with E-state index in [1.807, 2.05) is 0 Å². The van der Waals surface area contributed by atoms with Crippen LogP contribution in [0.1, 0.15) is 34.6 Å². The zero-order valence-corrected chi connectivity index (χ0v) is 14.7.